The number of carbonyl (C=O) groups excluding carboxylic acids is 2. The van der Waals surface area contributed by atoms with Crippen LogP contribution in [0.2, 0.25) is 0 Å². The molecule has 2 atom stereocenters. The van der Waals surface area contributed by atoms with Crippen LogP contribution < -0.4 is 5.32 Å². The summed E-state index contributed by atoms with van der Waals surface area (Å²) in [6.45, 7) is 4.91. The minimum absolute atomic E-state index is 0.000818. The monoisotopic (exact) mass is 960 g/mol. The van der Waals surface area contributed by atoms with Crippen molar-refractivity contribution in [3.05, 3.63) is 12.2 Å². The lowest BCUT2D eigenvalue weighted by molar-refractivity contribution is -0.143. The second-order valence-electron chi connectivity index (χ2n) is 21.4. The van der Waals surface area contributed by atoms with Crippen molar-refractivity contribution in [1.29, 1.82) is 0 Å². The van der Waals surface area contributed by atoms with Gasteiger partial charge in [0.2, 0.25) is 5.91 Å². The van der Waals surface area contributed by atoms with Gasteiger partial charge in [0.1, 0.15) is 0 Å². The smallest absolute Gasteiger partial charge is 0.305 e. The molecule has 0 aromatic heterocycles. The lowest BCUT2D eigenvalue weighted by Gasteiger charge is -2.20. The number of nitrogens with one attached hydrogen (secondary N) is 1. The number of aliphatic hydroxyl groups is 2. The van der Waals surface area contributed by atoms with E-state index in [-0.39, 0.29) is 18.5 Å². The Bertz CT molecular complexity index is 1020. The number of ether oxygens (including phenoxy) is 1. The van der Waals surface area contributed by atoms with Crippen LogP contribution in [0.4, 0.5) is 0 Å². The van der Waals surface area contributed by atoms with Gasteiger partial charge in [-0.2, -0.15) is 0 Å². The lowest BCUT2D eigenvalue weighted by atomic mass is 10.0. The third-order valence-electron chi connectivity index (χ3n) is 14.6. The van der Waals surface area contributed by atoms with Gasteiger partial charge in [-0.1, -0.05) is 315 Å². The van der Waals surface area contributed by atoms with E-state index in [0.29, 0.717) is 19.4 Å². The first-order valence-electron chi connectivity index (χ1n) is 31.0. The second kappa shape index (κ2) is 58.2. The lowest BCUT2D eigenvalue weighted by Crippen LogP contribution is -2.45. The molecule has 0 aromatic rings. The number of aliphatic hydroxyl groups excluding tert-OH is 2. The van der Waals surface area contributed by atoms with E-state index in [2.05, 4.69) is 19.2 Å². The van der Waals surface area contributed by atoms with Gasteiger partial charge < -0.3 is 20.3 Å². The van der Waals surface area contributed by atoms with Crippen LogP contribution in [0, 0.1) is 0 Å². The SMILES string of the molecule is CCCCCCCCCCCCCCCCCCCCCCCC/C=C/C(O)C(CO)NC(=O)CCCCCCCCCCCCCCCCOC(=O)CCCCCCCCCCCCCCC. The molecule has 6 nitrogen and oxygen atoms in total. The molecule has 0 aliphatic carbocycles. The molecule has 0 saturated heterocycles. The van der Waals surface area contributed by atoms with Crippen LogP contribution in [0.15, 0.2) is 12.2 Å². The molecule has 1 amide bonds. The zero-order valence-electron chi connectivity index (χ0n) is 46.1. The number of hydrogen-bond donors (Lipinski definition) is 3. The Morgan fingerprint density at radius 1 is 0.397 bits per heavy atom. The summed E-state index contributed by atoms with van der Waals surface area (Å²) in [4.78, 5) is 24.5. The van der Waals surface area contributed by atoms with Gasteiger partial charge in [-0.25, -0.2) is 0 Å². The summed E-state index contributed by atoms with van der Waals surface area (Å²) >= 11 is 0. The summed E-state index contributed by atoms with van der Waals surface area (Å²) in [5.41, 5.74) is 0. The Hall–Kier alpha value is -1.40. The predicted molar refractivity (Wildman–Crippen MR) is 297 cm³/mol. The van der Waals surface area contributed by atoms with E-state index in [1.165, 1.54) is 263 Å². The average molecular weight is 961 g/mol. The summed E-state index contributed by atoms with van der Waals surface area (Å²) in [6.07, 6.45) is 69.6. The number of rotatable bonds is 58. The summed E-state index contributed by atoms with van der Waals surface area (Å²) in [7, 11) is 0. The van der Waals surface area contributed by atoms with Gasteiger partial charge in [-0.3, -0.25) is 9.59 Å². The van der Waals surface area contributed by atoms with Crippen LogP contribution >= 0.6 is 0 Å². The third-order valence-corrected chi connectivity index (χ3v) is 14.6. The fourth-order valence-corrected chi connectivity index (χ4v) is 9.81. The Balaban J connectivity index is 3.46. The fourth-order valence-electron chi connectivity index (χ4n) is 9.81. The molecule has 0 bridgehead atoms. The molecule has 0 aliphatic heterocycles. The van der Waals surface area contributed by atoms with Crippen molar-refractivity contribution in [2.75, 3.05) is 13.2 Å². The van der Waals surface area contributed by atoms with Crippen molar-refractivity contribution >= 4 is 11.9 Å². The van der Waals surface area contributed by atoms with Gasteiger partial charge in [0.25, 0.3) is 0 Å². The van der Waals surface area contributed by atoms with Crippen molar-refractivity contribution in [2.45, 2.75) is 360 Å². The fraction of sp³-hybridized carbons (Fsp3) is 0.935. The molecule has 68 heavy (non-hydrogen) atoms. The Labute approximate surface area is 425 Å². The molecule has 0 heterocycles. The van der Waals surface area contributed by atoms with Gasteiger partial charge in [0.05, 0.1) is 25.4 Å². The van der Waals surface area contributed by atoms with Gasteiger partial charge in [-0.05, 0) is 32.1 Å². The topological polar surface area (TPSA) is 95.9 Å². The van der Waals surface area contributed by atoms with E-state index >= 15 is 0 Å². The van der Waals surface area contributed by atoms with Crippen molar-refractivity contribution in [1.82, 2.24) is 5.32 Å². The van der Waals surface area contributed by atoms with Crippen LogP contribution in [0.3, 0.4) is 0 Å². The molecule has 3 N–H and O–H groups in total. The molecule has 0 aromatic carbocycles. The molecule has 0 aliphatic rings. The number of esters is 1. The zero-order chi connectivity index (χ0) is 49.3. The maximum Gasteiger partial charge on any atom is 0.305 e. The van der Waals surface area contributed by atoms with Gasteiger partial charge in [-0.15, -0.1) is 0 Å². The molecule has 0 spiro atoms. The van der Waals surface area contributed by atoms with E-state index in [1.807, 2.05) is 6.08 Å². The molecule has 404 valence electrons. The summed E-state index contributed by atoms with van der Waals surface area (Å²) < 4.78 is 5.47. The van der Waals surface area contributed by atoms with Crippen molar-refractivity contribution in [3.8, 4) is 0 Å². The highest BCUT2D eigenvalue weighted by atomic mass is 16.5. The Kier molecular flexibility index (Phi) is 57.0. The van der Waals surface area contributed by atoms with Crippen molar-refractivity contribution in [3.63, 3.8) is 0 Å². The standard InChI is InChI=1S/C62H121NO5/c1-3-5-7-9-11-13-15-17-18-19-20-21-22-23-24-25-26-27-31-34-38-42-46-50-54-60(65)59(58-64)63-61(66)55-51-47-43-39-35-32-28-29-33-37-41-45-49-53-57-68-62(67)56-52-48-44-40-36-30-16-14-12-10-8-6-4-2/h50,54,59-60,64-65H,3-49,51-53,55-58H2,1-2H3,(H,63,66)/b54-50+. The maximum atomic E-state index is 12.5. The van der Waals surface area contributed by atoms with Crippen molar-refractivity contribution < 1.29 is 24.5 Å². The van der Waals surface area contributed by atoms with Crippen LogP contribution in [0.1, 0.15) is 348 Å². The minimum atomic E-state index is -0.852. The largest absolute Gasteiger partial charge is 0.466 e. The van der Waals surface area contributed by atoms with Gasteiger partial charge >= 0.3 is 5.97 Å². The quantitative estimate of drug-likeness (QED) is 0.0321. The first-order chi connectivity index (χ1) is 33.5. The number of hydrogen-bond acceptors (Lipinski definition) is 5. The molecule has 2 unspecified atom stereocenters. The molecular weight excluding hydrogens is 839 g/mol. The number of carbonyl (C=O) groups is 2. The van der Waals surface area contributed by atoms with Crippen molar-refractivity contribution in [2.24, 2.45) is 0 Å². The highest BCUT2D eigenvalue weighted by molar-refractivity contribution is 5.76. The molecule has 0 fully saturated rings. The average Bonchev–Trinajstić information content (AvgIpc) is 3.34. The van der Waals surface area contributed by atoms with Crippen LogP contribution in [-0.4, -0.2) is 47.4 Å². The highest BCUT2D eigenvalue weighted by Gasteiger charge is 2.18. The molecule has 0 radical (unpaired) electrons. The van der Waals surface area contributed by atoms with E-state index in [4.69, 9.17) is 4.74 Å². The van der Waals surface area contributed by atoms with E-state index in [0.717, 1.165) is 57.8 Å². The summed E-state index contributed by atoms with van der Waals surface area (Å²) in [5.74, 6) is -0.0750. The van der Waals surface area contributed by atoms with E-state index < -0.39 is 12.1 Å². The minimum Gasteiger partial charge on any atom is -0.466 e. The van der Waals surface area contributed by atoms with Crippen LogP contribution in [0.25, 0.3) is 0 Å². The summed E-state index contributed by atoms with van der Waals surface area (Å²) in [6, 6.07) is -0.636. The predicted octanol–water partition coefficient (Wildman–Crippen LogP) is 19.2. The van der Waals surface area contributed by atoms with E-state index in [1.54, 1.807) is 6.08 Å². The van der Waals surface area contributed by atoms with E-state index in [9.17, 15) is 19.8 Å². The first-order valence-corrected chi connectivity index (χ1v) is 31.0. The second-order valence-corrected chi connectivity index (χ2v) is 21.4. The summed E-state index contributed by atoms with van der Waals surface area (Å²) in [5, 5.41) is 23.2. The number of amides is 1. The van der Waals surface area contributed by atoms with Gasteiger partial charge in [0, 0.05) is 12.8 Å². The Morgan fingerprint density at radius 3 is 1.00 bits per heavy atom. The van der Waals surface area contributed by atoms with Crippen LogP contribution in [0.5, 0.6) is 0 Å². The first kappa shape index (κ1) is 66.6. The molecule has 6 heteroatoms. The highest BCUT2D eigenvalue weighted by Crippen LogP contribution is 2.18. The zero-order valence-corrected chi connectivity index (χ0v) is 46.1. The molecule has 0 saturated carbocycles. The normalized spacial score (nSPS) is 12.6. The number of unbranched alkanes of at least 4 members (excludes halogenated alkanes) is 47. The number of allylic oxidation sites excluding steroid dienone is 1. The van der Waals surface area contributed by atoms with Crippen LogP contribution in [-0.2, 0) is 14.3 Å². The Morgan fingerprint density at radius 2 is 0.676 bits per heavy atom. The molecule has 0 rings (SSSR count). The molecular formula is C62H121NO5. The maximum absolute atomic E-state index is 12.5. The van der Waals surface area contributed by atoms with Gasteiger partial charge in [0.15, 0.2) is 0 Å². The third kappa shape index (κ3) is 53.9.